The van der Waals surface area contributed by atoms with Crippen molar-refractivity contribution in [1.82, 2.24) is 0 Å². The molecule has 0 radical (unpaired) electrons. The van der Waals surface area contributed by atoms with Gasteiger partial charge in [0.25, 0.3) is 0 Å². The third-order valence-electron chi connectivity index (χ3n) is 0.807. The van der Waals surface area contributed by atoms with Gasteiger partial charge >= 0.3 is 7.12 Å². The maximum Gasteiger partial charge on any atom is 0.496 e. The average Bonchev–Trinajstić information content (AvgIpc) is 1.82. The first kappa shape index (κ1) is 8.17. The average molecular weight is 126 g/mol. The fraction of sp³-hybridized carbons (Fsp3) is 0.200. The summed E-state index contributed by atoms with van der Waals surface area (Å²) in [6.45, 7) is 3.31. The lowest BCUT2D eigenvalue weighted by atomic mass is 9.78. The van der Waals surface area contributed by atoms with Gasteiger partial charge < -0.3 is 10.0 Å². The quantitative estimate of drug-likeness (QED) is 0.299. The Kier molecular flexibility index (Phi) is 3.72. The zero-order chi connectivity index (χ0) is 7.28. The number of hydrogen-bond acceptors (Lipinski definition) is 3. The van der Waals surface area contributed by atoms with E-state index in [9.17, 15) is 4.79 Å². The molecule has 0 bridgehead atoms. The third-order valence-corrected chi connectivity index (χ3v) is 0.807. The topological polar surface area (TPSA) is 57.5 Å². The molecule has 0 aliphatic heterocycles. The van der Waals surface area contributed by atoms with Gasteiger partial charge in [-0.25, -0.2) is 4.79 Å². The Labute approximate surface area is 53.5 Å². The Bertz CT molecular complexity index is 146. The highest BCUT2D eigenvalue weighted by Crippen LogP contribution is 1.96. The molecule has 0 spiro atoms. The largest absolute Gasteiger partial charge is 0.496 e. The molecule has 0 rings (SSSR count). The predicted molar refractivity (Wildman–Crippen MR) is 34.2 cm³/mol. The van der Waals surface area contributed by atoms with Crippen molar-refractivity contribution >= 4 is 13.1 Å². The molecule has 0 unspecified atom stereocenters. The Morgan fingerprint density at radius 2 is 2.33 bits per heavy atom. The van der Waals surface area contributed by atoms with Crippen molar-refractivity contribution in [3.05, 3.63) is 18.1 Å². The molecule has 0 heterocycles. The van der Waals surface area contributed by atoms with E-state index >= 15 is 0 Å². The van der Waals surface area contributed by atoms with Crippen LogP contribution < -0.4 is 0 Å². The van der Waals surface area contributed by atoms with Crippen LogP contribution in [0.3, 0.4) is 0 Å². The summed E-state index contributed by atoms with van der Waals surface area (Å²) in [5, 5.41) is 16.7. The van der Waals surface area contributed by atoms with Crippen LogP contribution >= 0.6 is 0 Å². The van der Waals surface area contributed by atoms with E-state index in [1.165, 1.54) is 12.0 Å². The first-order valence-corrected chi connectivity index (χ1v) is 2.43. The molecule has 0 atom stereocenters. The fourth-order valence-electron chi connectivity index (χ4n) is 0.355. The van der Waals surface area contributed by atoms with Crippen LogP contribution in [0.1, 0.15) is 6.42 Å². The Morgan fingerprint density at radius 3 is 2.44 bits per heavy atom. The standard InChI is InChI=1S/C5H7BO3/c1-2-3-5(4-7)6(8)9/h2,8-9H,1,3H2. The number of hydrogen-bond donors (Lipinski definition) is 2. The molecule has 0 saturated heterocycles. The molecule has 48 valence electrons. The van der Waals surface area contributed by atoms with Gasteiger partial charge in [0.1, 0.15) is 5.94 Å². The molecule has 0 amide bonds. The van der Waals surface area contributed by atoms with E-state index in [0.717, 1.165) is 0 Å². The van der Waals surface area contributed by atoms with Crippen molar-refractivity contribution in [2.45, 2.75) is 6.42 Å². The molecule has 0 aromatic rings. The van der Waals surface area contributed by atoms with Gasteiger partial charge in [0.05, 0.1) is 0 Å². The van der Waals surface area contributed by atoms with Crippen LogP contribution in [0.25, 0.3) is 0 Å². The van der Waals surface area contributed by atoms with E-state index in [-0.39, 0.29) is 11.9 Å². The van der Waals surface area contributed by atoms with Crippen LogP contribution in [0.2, 0.25) is 0 Å². The lowest BCUT2D eigenvalue weighted by Gasteiger charge is -1.93. The maximum absolute atomic E-state index is 9.81. The molecular weight excluding hydrogens is 119 g/mol. The Hall–Kier alpha value is -0.825. The van der Waals surface area contributed by atoms with Crippen molar-refractivity contribution in [2.75, 3.05) is 0 Å². The summed E-state index contributed by atoms with van der Waals surface area (Å²) in [5.41, 5.74) is -0.0926. The van der Waals surface area contributed by atoms with Gasteiger partial charge in [-0.05, 0) is 6.42 Å². The van der Waals surface area contributed by atoms with Gasteiger partial charge in [0.2, 0.25) is 0 Å². The first-order valence-electron chi connectivity index (χ1n) is 2.43. The summed E-state index contributed by atoms with van der Waals surface area (Å²) >= 11 is 0. The fourth-order valence-corrected chi connectivity index (χ4v) is 0.355. The zero-order valence-corrected chi connectivity index (χ0v) is 4.87. The second kappa shape index (κ2) is 4.09. The smallest absolute Gasteiger partial charge is 0.423 e. The molecule has 0 saturated carbocycles. The summed E-state index contributed by atoms with van der Waals surface area (Å²) in [6.07, 6.45) is 1.57. The van der Waals surface area contributed by atoms with Crippen LogP contribution in [0.4, 0.5) is 0 Å². The molecule has 0 aromatic carbocycles. The molecule has 4 heteroatoms. The highest BCUT2D eigenvalue weighted by molar-refractivity contribution is 6.52. The SMILES string of the molecule is C=CCC(=C=O)B(O)O. The molecule has 0 aromatic heterocycles. The number of rotatable bonds is 3. The minimum Gasteiger partial charge on any atom is -0.423 e. The van der Waals surface area contributed by atoms with Crippen LogP contribution in [0, 0.1) is 0 Å². The van der Waals surface area contributed by atoms with E-state index in [1.807, 2.05) is 0 Å². The van der Waals surface area contributed by atoms with Gasteiger partial charge in [-0.1, -0.05) is 6.08 Å². The summed E-state index contributed by atoms with van der Waals surface area (Å²) < 4.78 is 0. The van der Waals surface area contributed by atoms with Crippen molar-refractivity contribution < 1.29 is 14.8 Å². The second-order valence-electron chi connectivity index (χ2n) is 1.49. The molecule has 3 nitrogen and oxygen atoms in total. The van der Waals surface area contributed by atoms with E-state index < -0.39 is 7.12 Å². The van der Waals surface area contributed by atoms with Gasteiger partial charge in [-0.15, -0.1) is 6.58 Å². The predicted octanol–water partition coefficient (Wildman–Crippen LogP) is -0.668. The summed E-state index contributed by atoms with van der Waals surface area (Å²) in [5.74, 6) is 1.40. The van der Waals surface area contributed by atoms with Crippen molar-refractivity contribution in [2.24, 2.45) is 0 Å². The highest BCUT2D eigenvalue weighted by Gasteiger charge is 2.13. The third kappa shape index (κ3) is 2.88. The summed E-state index contributed by atoms with van der Waals surface area (Å²) in [6, 6.07) is 0. The minimum absolute atomic E-state index is 0.0926. The summed E-state index contributed by atoms with van der Waals surface area (Å²) in [7, 11) is -1.69. The maximum atomic E-state index is 9.81. The molecular formula is C5H7BO3. The Morgan fingerprint density at radius 1 is 1.78 bits per heavy atom. The monoisotopic (exact) mass is 126 g/mol. The minimum atomic E-state index is -1.69. The molecule has 2 N–H and O–H groups in total. The van der Waals surface area contributed by atoms with E-state index in [0.29, 0.717) is 0 Å². The van der Waals surface area contributed by atoms with Crippen LogP contribution in [-0.2, 0) is 4.79 Å². The summed E-state index contributed by atoms with van der Waals surface area (Å²) in [4.78, 5) is 9.81. The lowest BCUT2D eigenvalue weighted by molar-refractivity contribution is 0.418. The van der Waals surface area contributed by atoms with Crippen LogP contribution in [0.5, 0.6) is 0 Å². The lowest BCUT2D eigenvalue weighted by Crippen LogP contribution is -2.15. The van der Waals surface area contributed by atoms with Crippen molar-refractivity contribution in [1.29, 1.82) is 0 Å². The van der Waals surface area contributed by atoms with E-state index in [4.69, 9.17) is 10.0 Å². The number of allylic oxidation sites excluding steroid dienone is 2. The van der Waals surface area contributed by atoms with E-state index in [2.05, 4.69) is 6.58 Å². The van der Waals surface area contributed by atoms with Gasteiger partial charge in [0, 0.05) is 5.47 Å². The van der Waals surface area contributed by atoms with E-state index in [1.54, 1.807) is 0 Å². The van der Waals surface area contributed by atoms with Crippen LogP contribution in [0.15, 0.2) is 18.1 Å². The normalized spacial score (nSPS) is 7.78. The molecule has 0 aliphatic carbocycles. The molecule has 9 heavy (non-hydrogen) atoms. The molecule has 0 fully saturated rings. The zero-order valence-electron chi connectivity index (χ0n) is 4.87. The Balaban J connectivity index is 4.01. The highest BCUT2D eigenvalue weighted by atomic mass is 16.4. The molecule has 0 aliphatic rings. The first-order chi connectivity index (χ1) is 4.22. The van der Waals surface area contributed by atoms with Crippen molar-refractivity contribution in [3.8, 4) is 0 Å². The number of carbonyl (C=O) groups excluding carboxylic acids is 1. The van der Waals surface area contributed by atoms with Gasteiger partial charge in [-0.3, -0.25) is 0 Å². The van der Waals surface area contributed by atoms with Gasteiger partial charge in [-0.2, -0.15) is 0 Å². The second-order valence-corrected chi connectivity index (χ2v) is 1.49. The van der Waals surface area contributed by atoms with Gasteiger partial charge in [0.15, 0.2) is 0 Å². The van der Waals surface area contributed by atoms with Crippen molar-refractivity contribution in [3.63, 3.8) is 0 Å². The van der Waals surface area contributed by atoms with Crippen LogP contribution in [-0.4, -0.2) is 23.1 Å².